The van der Waals surface area contributed by atoms with Crippen molar-refractivity contribution in [2.75, 3.05) is 39.5 Å². The summed E-state index contributed by atoms with van der Waals surface area (Å²) in [5.41, 5.74) is 0.900. The molecule has 0 unspecified atom stereocenters. The molecule has 9 nitrogen and oxygen atoms in total. The lowest BCUT2D eigenvalue weighted by Crippen LogP contribution is -2.49. The van der Waals surface area contributed by atoms with Gasteiger partial charge in [-0.2, -0.15) is 4.31 Å². The molecular weight excluding hydrogens is 482 g/mol. The molecular formula is C26H35N3O6S. The Hall–Kier alpha value is -2.95. The van der Waals surface area contributed by atoms with Crippen molar-refractivity contribution in [1.82, 2.24) is 14.5 Å². The van der Waals surface area contributed by atoms with Gasteiger partial charge in [-0.05, 0) is 43.2 Å². The van der Waals surface area contributed by atoms with Gasteiger partial charge in [0.25, 0.3) is 5.91 Å². The highest BCUT2D eigenvalue weighted by Crippen LogP contribution is 2.21. The van der Waals surface area contributed by atoms with Crippen molar-refractivity contribution in [2.45, 2.75) is 44.2 Å². The number of rotatable bonds is 12. The van der Waals surface area contributed by atoms with Crippen LogP contribution >= 0.6 is 0 Å². The second kappa shape index (κ2) is 13.4. The van der Waals surface area contributed by atoms with Gasteiger partial charge < -0.3 is 19.7 Å². The Balaban J connectivity index is 1.65. The SMILES string of the molecule is CCCCNC(=O)[C@@H](C)N(Cc1ccccc1)C(=O)COc1ccc(S(=O)(=O)N2CCOCC2)cc1. The highest BCUT2D eigenvalue weighted by molar-refractivity contribution is 7.89. The number of ether oxygens (including phenoxy) is 2. The Morgan fingerprint density at radius 3 is 2.39 bits per heavy atom. The fraction of sp³-hybridized carbons (Fsp3) is 0.462. The molecule has 196 valence electrons. The minimum absolute atomic E-state index is 0.158. The van der Waals surface area contributed by atoms with Crippen LogP contribution in [0.5, 0.6) is 5.75 Å². The Morgan fingerprint density at radius 2 is 1.75 bits per heavy atom. The molecule has 0 aliphatic carbocycles. The van der Waals surface area contributed by atoms with E-state index < -0.39 is 16.1 Å². The lowest BCUT2D eigenvalue weighted by atomic mass is 10.1. The molecule has 1 saturated heterocycles. The van der Waals surface area contributed by atoms with E-state index in [0.29, 0.717) is 38.6 Å². The number of unbranched alkanes of at least 4 members (excludes halogenated alkanes) is 1. The molecule has 1 atom stereocenters. The summed E-state index contributed by atoms with van der Waals surface area (Å²) < 4.78 is 37.9. The largest absolute Gasteiger partial charge is 0.484 e. The molecule has 0 radical (unpaired) electrons. The van der Waals surface area contributed by atoms with Crippen molar-refractivity contribution < 1.29 is 27.5 Å². The van der Waals surface area contributed by atoms with Gasteiger partial charge in [0, 0.05) is 26.2 Å². The Morgan fingerprint density at radius 1 is 1.08 bits per heavy atom. The summed E-state index contributed by atoms with van der Waals surface area (Å²) in [6, 6.07) is 14.8. The predicted molar refractivity (Wildman–Crippen MR) is 136 cm³/mol. The maximum atomic E-state index is 13.1. The summed E-state index contributed by atoms with van der Waals surface area (Å²) in [5, 5.41) is 2.88. The number of nitrogens with zero attached hydrogens (tertiary/aromatic N) is 2. The number of hydrogen-bond donors (Lipinski definition) is 1. The lowest BCUT2D eigenvalue weighted by Gasteiger charge is -2.28. The molecule has 0 spiro atoms. The normalized spacial score (nSPS) is 15.2. The molecule has 1 heterocycles. The summed E-state index contributed by atoms with van der Waals surface area (Å²) in [5.74, 6) is -0.198. The average Bonchev–Trinajstić information content (AvgIpc) is 2.91. The van der Waals surface area contributed by atoms with E-state index in [0.717, 1.165) is 18.4 Å². The summed E-state index contributed by atoms with van der Waals surface area (Å²) in [6.07, 6.45) is 1.83. The van der Waals surface area contributed by atoms with Crippen molar-refractivity contribution in [3.8, 4) is 5.75 Å². The molecule has 2 aromatic carbocycles. The zero-order chi connectivity index (χ0) is 26.0. The van der Waals surface area contributed by atoms with E-state index >= 15 is 0 Å². The molecule has 2 amide bonds. The van der Waals surface area contributed by atoms with Crippen LogP contribution in [0, 0.1) is 0 Å². The van der Waals surface area contributed by atoms with Gasteiger partial charge in [0.15, 0.2) is 6.61 Å². The van der Waals surface area contributed by atoms with Crippen molar-refractivity contribution >= 4 is 21.8 Å². The Bertz CT molecular complexity index is 1090. The average molecular weight is 518 g/mol. The van der Waals surface area contributed by atoms with E-state index in [4.69, 9.17) is 9.47 Å². The fourth-order valence-electron chi connectivity index (χ4n) is 3.77. The first-order chi connectivity index (χ1) is 17.3. The zero-order valence-corrected chi connectivity index (χ0v) is 21.7. The summed E-state index contributed by atoms with van der Waals surface area (Å²) in [4.78, 5) is 27.5. The number of sulfonamides is 1. The van der Waals surface area contributed by atoms with Gasteiger partial charge in [0.2, 0.25) is 15.9 Å². The van der Waals surface area contributed by atoms with Crippen molar-refractivity contribution in [2.24, 2.45) is 0 Å². The van der Waals surface area contributed by atoms with Crippen LogP contribution in [0.2, 0.25) is 0 Å². The van der Waals surface area contributed by atoms with Crippen LogP contribution in [-0.2, 0) is 30.9 Å². The first kappa shape index (κ1) is 27.6. The van der Waals surface area contributed by atoms with E-state index in [-0.39, 0.29) is 29.9 Å². The molecule has 0 bridgehead atoms. The Kier molecular flexibility index (Phi) is 10.3. The summed E-state index contributed by atoms with van der Waals surface area (Å²) >= 11 is 0. The number of benzene rings is 2. The van der Waals surface area contributed by atoms with Crippen LogP contribution in [-0.4, -0.2) is 74.9 Å². The standard InChI is InChI=1S/C26H35N3O6S/c1-3-4-14-27-26(31)21(2)29(19-22-8-6-5-7-9-22)25(30)20-35-23-10-12-24(13-11-23)36(32,33)28-15-17-34-18-16-28/h5-13,21H,3-4,14-20H2,1-2H3,(H,27,31)/t21-/m1/s1. The Labute approximate surface area is 213 Å². The number of carbonyl (C=O) groups excluding carboxylic acids is 2. The molecule has 0 saturated carbocycles. The molecule has 1 fully saturated rings. The van der Waals surface area contributed by atoms with Crippen LogP contribution < -0.4 is 10.1 Å². The third-order valence-corrected chi connectivity index (χ3v) is 7.90. The number of carbonyl (C=O) groups is 2. The third-order valence-electron chi connectivity index (χ3n) is 5.99. The van der Waals surface area contributed by atoms with E-state index in [9.17, 15) is 18.0 Å². The van der Waals surface area contributed by atoms with E-state index in [1.165, 1.54) is 33.5 Å². The first-order valence-electron chi connectivity index (χ1n) is 12.2. The van der Waals surface area contributed by atoms with Crippen LogP contribution in [0.1, 0.15) is 32.3 Å². The monoisotopic (exact) mass is 517 g/mol. The topological polar surface area (TPSA) is 105 Å². The number of hydrogen-bond acceptors (Lipinski definition) is 6. The molecule has 36 heavy (non-hydrogen) atoms. The van der Waals surface area contributed by atoms with Gasteiger partial charge in [0.1, 0.15) is 11.8 Å². The van der Waals surface area contributed by atoms with Crippen molar-refractivity contribution in [3.63, 3.8) is 0 Å². The van der Waals surface area contributed by atoms with Crippen LogP contribution in [0.3, 0.4) is 0 Å². The van der Waals surface area contributed by atoms with Crippen LogP contribution in [0.4, 0.5) is 0 Å². The molecule has 3 rings (SSSR count). The molecule has 0 aromatic heterocycles. The maximum absolute atomic E-state index is 13.1. The highest BCUT2D eigenvalue weighted by Gasteiger charge is 2.28. The van der Waals surface area contributed by atoms with E-state index in [2.05, 4.69) is 5.32 Å². The molecule has 1 aliphatic rings. The van der Waals surface area contributed by atoms with Gasteiger partial charge in [-0.15, -0.1) is 0 Å². The minimum Gasteiger partial charge on any atom is -0.484 e. The quantitative estimate of drug-likeness (QED) is 0.434. The van der Waals surface area contributed by atoms with Gasteiger partial charge in [-0.25, -0.2) is 8.42 Å². The fourth-order valence-corrected chi connectivity index (χ4v) is 5.18. The van der Waals surface area contributed by atoms with Crippen LogP contribution in [0.15, 0.2) is 59.5 Å². The molecule has 1 N–H and O–H groups in total. The van der Waals surface area contributed by atoms with Gasteiger partial charge in [-0.1, -0.05) is 43.7 Å². The second-order valence-corrected chi connectivity index (χ2v) is 10.5. The number of nitrogens with one attached hydrogen (secondary N) is 1. The predicted octanol–water partition coefficient (Wildman–Crippen LogP) is 2.42. The molecule has 1 aliphatic heterocycles. The second-order valence-electron chi connectivity index (χ2n) is 8.60. The summed E-state index contributed by atoms with van der Waals surface area (Å²) in [7, 11) is -3.61. The molecule has 2 aromatic rings. The van der Waals surface area contributed by atoms with E-state index in [1.807, 2.05) is 37.3 Å². The minimum atomic E-state index is -3.61. The van der Waals surface area contributed by atoms with Gasteiger partial charge in [0.05, 0.1) is 18.1 Å². The maximum Gasteiger partial charge on any atom is 0.261 e. The van der Waals surface area contributed by atoms with Crippen molar-refractivity contribution in [1.29, 1.82) is 0 Å². The smallest absolute Gasteiger partial charge is 0.261 e. The zero-order valence-electron chi connectivity index (χ0n) is 20.9. The lowest BCUT2D eigenvalue weighted by molar-refractivity contribution is -0.142. The van der Waals surface area contributed by atoms with Gasteiger partial charge >= 0.3 is 0 Å². The first-order valence-corrected chi connectivity index (χ1v) is 13.7. The number of amides is 2. The highest BCUT2D eigenvalue weighted by atomic mass is 32.2. The summed E-state index contributed by atoms with van der Waals surface area (Å²) in [6.45, 7) is 5.66. The van der Waals surface area contributed by atoms with Crippen molar-refractivity contribution in [3.05, 3.63) is 60.2 Å². The molecule has 10 heteroatoms. The third kappa shape index (κ3) is 7.52. The number of morpholine rings is 1. The van der Waals surface area contributed by atoms with Crippen LogP contribution in [0.25, 0.3) is 0 Å². The van der Waals surface area contributed by atoms with Gasteiger partial charge in [-0.3, -0.25) is 9.59 Å². The van der Waals surface area contributed by atoms with E-state index in [1.54, 1.807) is 6.92 Å².